The molecule has 0 bridgehead atoms. The highest BCUT2D eigenvalue weighted by Gasteiger charge is 2.19. The number of carbonyl (C=O) groups is 2. The first-order valence-corrected chi connectivity index (χ1v) is 11.9. The molecule has 1 heterocycles. The van der Waals surface area contributed by atoms with E-state index in [1.807, 2.05) is 66.1 Å². The number of imidazole rings is 1. The molecule has 0 saturated carbocycles. The summed E-state index contributed by atoms with van der Waals surface area (Å²) in [6.45, 7) is 3.04. The fourth-order valence-corrected chi connectivity index (χ4v) is 4.19. The molecule has 0 unspecified atom stereocenters. The fraction of sp³-hybridized carbons (Fsp3) is 0.250. The third-order valence-electron chi connectivity index (χ3n) is 5.99. The second-order valence-electron chi connectivity index (χ2n) is 8.15. The normalized spacial score (nSPS) is 10.8. The molecule has 0 aliphatic carbocycles. The SMILES string of the molecule is CCN(C(=O)Cn1c(CCNC(=O)c2ccc(OC)c(OC)c2)nc2ccccc21)c1ccccc1. The Labute approximate surface area is 210 Å². The zero-order valence-corrected chi connectivity index (χ0v) is 20.7. The Kier molecular flexibility index (Phi) is 7.85. The molecule has 4 aromatic rings. The summed E-state index contributed by atoms with van der Waals surface area (Å²) in [5, 5.41) is 2.94. The molecule has 8 nitrogen and oxygen atoms in total. The Morgan fingerprint density at radius 3 is 2.39 bits per heavy atom. The van der Waals surface area contributed by atoms with Crippen molar-refractivity contribution in [1.82, 2.24) is 14.9 Å². The van der Waals surface area contributed by atoms with Gasteiger partial charge in [-0.25, -0.2) is 4.98 Å². The van der Waals surface area contributed by atoms with Crippen LogP contribution in [-0.2, 0) is 17.8 Å². The molecule has 0 spiro atoms. The average molecular weight is 487 g/mol. The van der Waals surface area contributed by atoms with Crippen molar-refractivity contribution in [3.8, 4) is 11.5 Å². The van der Waals surface area contributed by atoms with E-state index in [1.165, 1.54) is 7.11 Å². The van der Waals surface area contributed by atoms with Gasteiger partial charge in [-0.15, -0.1) is 0 Å². The van der Waals surface area contributed by atoms with Crippen molar-refractivity contribution in [2.45, 2.75) is 19.9 Å². The van der Waals surface area contributed by atoms with E-state index >= 15 is 0 Å². The lowest BCUT2D eigenvalue weighted by molar-refractivity contribution is -0.119. The number of hydrogen-bond donors (Lipinski definition) is 1. The maximum absolute atomic E-state index is 13.3. The van der Waals surface area contributed by atoms with Gasteiger partial charge in [0.1, 0.15) is 12.4 Å². The zero-order chi connectivity index (χ0) is 25.5. The van der Waals surface area contributed by atoms with Crippen molar-refractivity contribution in [2.75, 3.05) is 32.2 Å². The lowest BCUT2D eigenvalue weighted by atomic mass is 10.2. The third-order valence-corrected chi connectivity index (χ3v) is 5.99. The largest absolute Gasteiger partial charge is 0.493 e. The second-order valence-corrected chi connectivity index (χ2v) is 8.15. The van der Waals surface area contributed by atoms with E-state index in [9.17, 15) is 9.59 Å². The quantitative estimate of drug-likeness (QED) is 0.365. The van der Waals surface area contributed by atoms with Crippen LogP contribution in [0.15, 0.2) is 72.8 Å². The van der Waals surface area contributed by atoms with Crippen LogP contribution in [0.5, 0.6) is 11.5 Å². The molecule has 0 radical (unpaired) electrons. The van der Waals surface area contributed by atoms with E-state index in [0.717, 1.165) is 22.5 Å². The fourth-order valence-electron chi connectivity index (χ4n) is 4.19. The summed E-state index contributed by atoms with van der Waals surface area (Å²) in [5.41, 5.74) is 3.03. The van der Waals surface area contributed by atoms with Gasteiger partial charge in [0, 0.05) is 30.8 Å². The van der Waals surface area contributed by atoms with Crippen molar-refractivity contribution in [3.63, 3.8) is 0 Å². The Bertz CT molecular complexity index is 1350. The first-order valence-electron chi connectivity index (χ1n) is 11.9. The minimum absolute atomic E-state index is 0.0255. The molecule has 0 saturated heterocycles. The molecule has 4 rings (SSSR count). The van der Waals surface area contributed by atoms with E-state index in [4.69, 9.17) is 14.5 Å². The molecule has 0 aliphatic rings. The zero-order valence-electron chi connectivity index (χ0n) is 20.7. The smallest absolute Gasteiger partial charge is 0.251 e. The molecule has 0 aliphatic heterocycles. The highest BCUT2D eigenvalue weighted by molar-refractivity contribution is 5.95. The molecule has 8 heteroatoms. The first-order chi connectivity index (χ1) is 17.5. The third kappa shape index (κ3) is 5.33. The summed E-state index contributed by atoms with van der Waals surface area (Å²) in [4.78, 5) is 32.5. The van der Waals surface area contributed by atoms with Crippen molar-refractivity contribution in [3.05, 3.63) is 84.2 Å². The molecule has 36 heavy (non-hydrogen) atoms. The molecule has 186 valence electrons. The number of amides is 2. The van der Waals surface area contributed by atoms with Crippen LogP contribution in [-0.4, -0.2) is 48.7 Å². The monoisotopic (exact) mass is 486 g/mol. The van der Waals surface area contributed by atoms with Gasteiger partial charge >= 0.3 is 0 Å². The van der Waals surface area contributed by atoms with Crippen molar-refractivity contribution in [2.24, 2.45) is 0 Å². The summed E-state index contributed by atoms with van der Waals surface area (Å²) >= 11 is 0. The van der Waals surface area contributed by atoms with Gasteiger partial charge in [-0.05, 0) is 49.4 Å². The highest BCUT2D eigenvalue weighted by atomic mass is 16.5. The molecule has 0 atom stereocenters. The van der Waals surface area contributed by atoms with Gasteiger partial charge in [-0.3, -0.25) is 9.59 Å². The molecular formula is C28H30N4O4. The van der Waals surface area contributed by atoms with Crippen LogP contribution >= 0.6 is 0 Å². The number of carbonyl (C=O) groups excluding carboxylic acids is 2. The van der Waals surface area contributed by atoms with Crippen LogP contribution in [0.2, 0.25) is 0 Å². The van der Waals surface area contributed by atoms with Crippen LogP contribution in [0.1, 0.15) is 23.1 Å². The summed E-state index contributed by atoms with van der Waals surface area (Å²) in [7, 11) is 3.08. The second kappa shape index (κ2) is 11.4. The van der Waals surface area contributed by atoms with Gasteiger partial charge in [-0.2, -0.15) is 0 Å². The van der Waals surface area contributed by atoms with Gasteiger partial charge in [0.05, 0.1) is 25.3 Å². The van der Waals surface area contributed by atoms with Crippen LogP contribution in [0.3, 0.4) is 0 Å². The number of hydrogen-bond acceptors (Lipinski definition) is 5. The standard InChI is InChI=1S/C28H30N4O4/c1-4-31(21-10-6-5-7-11-21)27(33)19-32-23-13-9-8-12-22(23)30-26(32)16-17-29-28(34)20-14-15-24(35-2)25(18-20)36-3/h5-15,18H,4,16-17,19H2,1-3H3,(H,29,34). The number of fused-ring (bicyclic) bond motifs is 1. The van der Waals surface area contributed by atoms with Crippen molar-refractivity contribution < 1.29 is 19.1 Å². The molecule has 1 N–H and O–H groups in total. The molecule has 1 aromatic heterocycles. The van der Waals surface area contributed by atoms with Gasteiger partial charge in [0.15, 0.2) is 11.5 Å². The van der Waals surface area contributed by atoms with E-state index in [0.29, 0.717) is 36.6 Å². The number of nitrogens with one attached hydrogen (secondary N) is 1. The number of ether oxygens (including phenoxy) is 2. The van der Waals surface area contributed by atoms with Crippen LogP contribution in [0.25, 0.3) is 11.0 Å². The first kappa shape index (κ1) is 24.8. The predicted octanol–water partition coefficient (Wildman–Crippen LogP) is 4.08. The minimum atomic E-state index is -0.226. The molecule has 0 fully saturated rings. The average Bonchev–Trinajstić information content (AvgIpc) is 3.26. The van der Waals surface area contributed by atoms with Gasteiger partial charge in [0.2, 0.25) is 5.91 Å². The van der Waals surface area contributed by atoms with Gasteiger partial charge in [0.25, 0.3) is 5.91 Å². The maximum atomic E-state index is 13.3. The lowest BCUT2D eigenvalue weighted by Crippen LogP contribution is -2.34. The number of likely N-dealkylation sites (N-methyl/N-ethyl adjacent to an activating group) is 1. The van der Waals surface area contributed by atoms with E-state index in [2.05, 4.69) is 5.32 Å². The lowest BCUT2D eigenvalue weighted by Gasteiger charge is -2.22. The topological polar surface area (TPSA) is 85.7 Å². The molecule has 3 aromatic carbocycles. The maximum Gasteiger partial charge on any atom is 0.251 e. The summed E-state index contributed by atoms with van der Waals surface area (Å²) in [6, 6.07) is 22.4. The summed E-state index contributed by atoms with van der Waals surface area (Å²) in [6.07, 6.45) is 0.471. The van der Waals surface area contributed by atoms with E-state index in [1.54, 1.807) is 30.2 Å². The van der Waals surface area contributed by atoms with Gasteiger partial charge < -0.3 is 24.3 Å². The van der Waals surface area contributed by atoms with Gasteiger partial charge in [-0.1, -0.05) is 30.3 Å². The van der Waals surface area contributed by atoms with Crippen molar-refractivity contribution >= 4 is 28.5 Å². The number of methoxy groups -OCH3 is 2. The highest BCUT2D eigenvalue weighted by Crippen LogP contribution is 2.27. The van der Waals surface area contributed by atoms with Crippen LogP contribution in [0, 0.1) is 0 Å². The number of para-hydroxylation sites is 3. The predicted molar refractivity (Wildman–Crippen MR) is 140 cm³/mol. The van der Waals surface area contributed by atoms with Crippen LogP contribution < -0.4 is 19.7 Å². The number of benzene rings is 3. The van der Waals surface area contributed by atoms with E-state index < -0.39 is 0 Å². The summed E-state index contributed by atoms with van der Waals surface area (Å²) < 4.78 is 12.5. The Morgan fingerprint density at radius 2 is 1.67 bits per heavy atom. The number of anilines is 1. The Morgan fingerprint density at radius 1 is 0.944 bits per heavy atom. The Balaban J connectivity index is 1.50. The van der Waals surface area contributed by atoms with E-state index in [-0.39, 0.29) is 18.4 Å². The number of aromatic nitrogens is 2. The number of nitrogens with zero attached hydrogens (tertiary/aromatic N) is 3. The molecule has 2 amide bonds. The molecular weight excluding hydrogens is 456 g/mol. The Hall–Kier alpha value is -4.33. The summed E-state index contributed by atoms with van der Waals surface area (Å²) in [5.74, 6) is 1.54. The van der Waals surface area contributed by atoms with Crippen molar-refractivity contribution in [1.29, 1.82) is 0 Å². The van der Waals surface area contributed by atoms with Crippen LogP contribution in [0.4, 0.5) is 5.69 Å². The number of rotatable bonds is 10. The minimum Gasteiger partial charge on any atom is -0.493 e.